The summed E-state index contributed by atoms with van der Waals surface area (Å²) in [7, 11) is 0. The molecule has 0 spiro atoms. The van der Waals surface area contributed by atoms with Crippen molar-refractivity contribution in [2.24, 2.45) is 0 Å². The van der Waals surface area contributed by atoms with Crippen molar-refractivity contribution in [3.05, 3.63) is 29.3 Å². The first-order chi connectivity index (χ1) is 8.09. The first kappa shape index (κ1) is 13.3. The van der Waals surface area contributed by atoms with E-state index in [0.29, 0.717) is 10.8 Å². The van der Waals surface area contributed by atoms with Crippen LogP contribution in [0.4, 0.5) is 0 Å². The van der Waals surface area contributed by atoms with Gasteiger partial charge in [0.2, 0.25) is 0 Å². The molecule has 1 aromatic rings. The molecular formula is C11H12ClNO4. The maximum absolute atomic E-state index is 11.2. The largest absolute Gasteiger partial charge is 0.482 e. The molecule has 0 fully saturated rings. The number of halogens is 1. The van der Waals surface area contributed by atoms with E-state index in [-0.39, 0.29) is 25.5 Å². The summed E-state index contributed by atoms with van der Waals surface area (Å²) in [4.78, 5) is 21.4. The fraction of sp³-hybridized carbons (Fsp3) is 0.273. The minimum atomic E-state index is -0.961. The molecule has 0 saturated heterocycles. The molecule has 0 radical (unpaired) electrons. The van der Waals surface area contributed by atoms with Gasteiger partial charge in [0.15, 0.2) is 6.61 Å². The molecule has 0 unspecified atom stereocenters. The number of rotatable bonds is 6. The van der Waals surface area contributed by atoms with Gasteiger partial charge in [-0.15, -0.1) is 0 Å². The Morgan fingerprint density at radius 2 is 2.06 bits per heavy atom. The van der Waals surface area contributed by atoms with Crippen LogP contribution in [0, 0.1) is 0 Å². The van der Waals surface area contributed by atoms with Crippen LogP contribution in [0.25, 0.3) is 0 Å². The van der Waals surface area contributed by atoms with Crippen LogP contribution in [-0.2, 0) is 9.59 Å². The Labute approximate surface area is 103 Å². The molecular weight excluding hydrogens is 246 g/mol. The van der Waals surface area contributed by atoms with E-state index in [4.69, 9.17) is 21.4 Å². The summed E-state index contributed by atoms with van der Waals surface area (Å²) in [5.41, 5.74) is 0. The maximum Gasteiger partial charge on any atom is 0.305 e. The standard InChI is InChI=1S/C11H12ClNO4/c12-8-3-1-2-4-9(8)17-7-10(14)13-6-5-11(15)16/h1-4H,5-7H2,(H,13,14)(H,15,16). The number of carboxylic acids is 1. The molecule has 0 aliphatic carbocycles. The van der Waals surface area contributed by atoms with Crippen molar-refractivity contribution in [2.45, 2.75) is 6.42 Å². The normalized spacial score (nSPS) is 9.71. The van der Waals surface area contributed by atoms with E-state index in [1.807, 2.05) is 0 Å². The Balaban J connectivity index is 2.29. The molecule has 17 heavy (non-hydrogen) atoms. The third-order valence-corrected chi connectivity index (χ3v) is 2.17. The predicted molar refractivity (Wildman–Crippen MR) is 62.2 cm³/mol. The molecule has 0 aromatic heterocycles. The lowest BCUT2D eigenvalue weighted by molar-refractivity contribution is -0.137. The lowest BCUT2D eigenvalue weighted by Gasteiger charge is -2.07. The highest BCUT2D eigenvalue weighted by Gasteiger charge is 2.05. The van der Waals surface area contributed by atoms with Gasteiger partial charge in [0.25, 0.3) is 5.91 Å². The Hall–Kier alpha value is -1.75. The zero-order valence-corrected chi connectivity index (χ0v) is 9.74. The summed E-state index contributed by atoms with van der Waals surface area (Å²) in [5, 5.41) is 11.2. The van der Waals surface area contributed by atoms with E-state index in [9.17, 15) is 9.59 Å². The number of carbonyl (C=O) groups excluding carboxylic acids is 1. The number of benzene rings is 1. The molecule has 0 heterocycles. The van der Waals surface area contributed by atoms with E-state index in [1.165, 1.54) is 0 Å². The topological polar surface area (TPSA) is 75.6 Å². The van der Waals surface area contributed by atoms with Crippen LogP contribution in [0.15, 0.2) is 24.3 Å². The molecule has 5 nitrogen and oxygen atoms in total. The number of carboxylic acid groups (broad SMARTS) is 1. The van der Waals surface area contributed by atoms with Gasteiger partial charge in [-0.2, -0.15) is 0 Å². The monoisotopic (exact) mass is 257 g/mol. The Kier molecular flexibility index (Phi) is 5.29. The summed E-state index contributed by atoms with van der Waals surface area (Å²) in [6, 6.07) is 6.79. The zero-order chi connectivity index (χ0) is 12.7. The van der Waals surface area contributed by atoms with Gasteiger partial charge in [0.1, 0.15) is 5.75 Å². The van der Waals surface area contributed by atoms with Crippen LogP contribution in [-0.4, -0.2) is 30.1 Å². The minimum Gasteiger partial charge on any atom is -0.482 e. The van der Waals surface area contributed by atoms with E-state index in [2.05, 4.69) is 5.32 Å². The third kappa shape index (κ3) is 5.21. The fourth-order valence-electron chi connectivity index (χ4n) is 1.06. The number of hydrogen-bond acceptors (Lipinski definition) is 3. The lowest BCUT2D eigenvalue weighted by Crippen LogP contribution is -2.30. The maximum atomic E-state index is 11.2. The number of ether oxygens (including phenoxy) is 1. The van der Waals surface area contributed by atoms with Crippen molar-refractivity contribution in [3.63, 3.8) is 0 Å². The summed E-state index contributed by atoms with van der Waals surface area (Å²) in [6.45, 7) is -0.108. The van der Waals surface area contributed by atoms with Gasteiger partial charge < -0.3 is 15.2 Å². The van der Waals surface area contributed by atoms with Crippen LogP contribution in [0.2, 0.25) is 5.02 Å². The Morgan fingerprint density at radius 3 is 2.71 bits per heavy atom. The van der Waals surface area contributed by atoms with Gasteiger partial charge in [-0.3, -0.25) is 9.59 Å². The quantitative estimate of drug-likeness (QED) is 0.806. The Morgan fingerprint density at radius 1 is 1.35 bits per heavy atom. The van der Waals surface area contributed by atoms with Gasteiger partial charge in [0, 0.05) is 6.54 Å². The van der Waals surface area contributed by atoms with E-state index in [1.54, 1.807) is 24.3 Å². The SMILES string of the molecule is O=C(O)CCNC(=O)COc1ccccc1Cl. The number of para-hydroxylation sites is 1. The molecule has 1 aromatic carbocycles. The van der Waals surface area contributed by atoms with Crippen molar-refractivity contribution >= 4 is 23.5 Å². The summed E-state index contributed by atoms with van der Waals surface area (Å²) >= 11 is 5.82. The molecule has 92 valence electrons. The second-order valence-electron chi connectivity index (χ2n) is 3.21. The van der Waals surface area contributed by atoms with Crippen LogP contribution in [0.1, 0.15) is 6.42 Å². The number of hydrogen-bond donors (Lipinski definition) is 2. The van der Waals surface area contributed by atoms with Crippen molar-refractivity contribution in [1.29, 1.82) is 0 Å². The average Bonchev–Trinajstić information content (AvgIpc) is 2.27. The zero-order valence-electron chi connectivity index (χ0n) is 8.98. The van der Waals surface area contributed by atoms with E-state index in [0.717, 1.165) is 0 Å². The first-order valence-corrected chi connectivity index (χ1v) is 5.33. The summed E-state index contributed by atoms with van der Waals surface area (Å²) in [6.07, 6.45) is -0.113. The van der Waals surface area contributed by atoms with Gasteiger partial charge in [-0.25, -0.2) is 0 Å². The predicted octanol–water partition coefficient (Wildman–Crippen LogP) is 1.31. The van der Waals surface area contributed by atoms with Crippen molar-refractivity contribution in [3.8, 4) is 5.75 Å². The van der Waals surface area contributed by atoms with Gasteiger partial charge in [0.05, 0.1) is 11.4 Å². The lowest BCUT2D eigenvalue weighted by atomic mass is 10.3. The van der Waals surface area contributed by atoms with Crippen molar-refractivity contribution in [1.82, 2.24) is 5.32 Å². The molecule has 2 N–H and O–H groups in total. The minimum absolute atomic E-state index is 0.0834. The molecule has 0 aliphatic heterocycles. The summed E-state index contributed by atoms with van der Waals surface area (Å²) < 4.78 is 5.16. The van der Waals surface area contributed by atoms with Crippen LogP contribution in [0.3, 0.4) is 0 Å². The van der Waals surface area contributed by atoms with Crippen LogP contribution < -0.4 is 10.1 Å². The molecule has 0 aliphatic rings. The van der Waals surface area contributed by atoms with E-state index < -0.39 is 5.97 Å². The fourth-order valence-corrected chi connectivity index (χ4v) is 1.26. The second-order valence-corrected chi connectivity index (χ2v) is 3.62. The number of carbonyl (C=O) groups is 2. The highest BCUT2D eigenvalue weighted by Crippen LogP contribution is 2.22. The molecule has 1 amide bonds. The highest BCUT2D eigenvalue weighted by atomic mass is 35.5. The van der Waals surface area contributed by atoms with Gasteiger partial charge >= 0.3 is 5.97 Å². The molecule has 0 bridgehead atoms. The van der Waals surface area contributed by atoms with E-state index >= 15 is 0 Å². The first-order valence-electron chi connectivity index (χ1n) is 4.95. The van der Waals surface area contributed by atoms with Crippen molar-refractivity contribution < 1.29 is 19.4 Å². The smallest absolute Gasteiger partial charge is 0.305 e. The molecule has 1 rings (SSSR count). The molecule has 0 saturated carbocycles. The number of amides is 1. The van der Waals surface area contributed by atoms with Gasteiger partial charge in [-0.1, -0.05) is 23.7 Å². The molecule has 0 atom stereocenters. The Bertz CT molecular complexity index is 408. The van der Waals surface area contributed by atoms with Crippen LogP contribution in [0.5, 0.6) is 5.75 Å². The molecule has 6 heteroatoms. The summed E-state index contributed by atoms with van der Waals surface area (Å²) in [5.74, 6) is -0.925. The average molecular weight is 258 g/mol. The van der Waals surface area contributed by atoms with Gasteiger partial charge in [-0.05, 0) is 12.1 Å². The number of nitrogens with one attached hydrogen (secondary N) is 1. The highest BCUT2D eigenvalue weighted by molar-refractivity contribution is 6.32. The third-order valence-electron chi connectivity index (χ3n) is 1.86. The number of aliphatic carboxylic acids is 1. The van der Waals surface area contributed by atoms with Crippen molar-refractivity contribution in [2.75, 3.05) is 13.2 Å². The van der Waals surface area contributed by atoms with Crippen LogP contribution >= 0.6 is 11.6 Å². The second kappa shape index (κ2) is 6.75.